The molecule has 8 nitrogen and oxygen atoms in total. The molecule has 0 aliphatic rings. The molecule has 0 aromatic heterocycles. The minimum atomic E-state index is -4.68. The highest BCUT2D eigenvalue weighted by Gasteiger charge is 2.34. The summed E-state index contributed by atoms with van der Waals surface area (Å²) in [4.78, 5) is 43.5. The van der Waals surface area contributed by atoms with Crippen LogP contribution in [-0.2, 0) is 20.6 Å². The average molecular weight is 481 g/mol. The first-order chi connectivity index (χ1) is 16.2. The lowest BCUT2D eigenvalue weighted by Crippen LogP contribution is -2.47. The summed E-state index contributed by atoms with van der Waals surface area (Å²) in [6.45, 7) is -0.155. The van der Waals surface area contributed by atoms with E-state index >= 15 is 0 Å². The third kappa shape index (κ3) is 7.37. The summed E-state index contributed by atoms with van der Waals surface area (Å²) in [6, 6.07) is 24.4. The summed E-state index contributed by atoms with van der Waals surface area (Å²) in [5.74, 6) is -3.28. The summed E-state index contributed by atoms with van der Waals surface area (Å²) in [6.07, 6.45) is -0.236. The number of nitrogens with one attached hydrogen (secondary N) is 2. The number of carbonyl (C=O) groups is 2. The summed E-state index contributed by atoms with van der Waals surface area (Å²) >= 11 is 0. The molecule has 1 amide bonds. The van der Waals surface area contributed by atoms with Gasteiger partial charge in [0.15, 0.2) is 0 Å². The fraction of sp³-hybridized carbons (Fsp3) is 0.200. The maximum Gasteiger partial charge on any atom is 0.346 e. The lowest BCUT2D eigenvalue weighted by Gasteiger charge is -2.26. The van der Waals surface area contributed by atoms with Gasteiger partial charge in [-0.3, -0.25) is 14.7 Å². The number of carbonyl (C=O) groups excluding carboxylic acids is 2. The molecule has 0 aliphatic heterocycles. The predicted molar refractivity (Wildman–Crippen MR) is 126 cm³/mol. The first-order valence-corrected chi connectivity index (χ1v) is 12.4. The normalized spacial score (nSPS) is 13.1. The van der Waals surface area contributed by atoms with Crippen molar-refractivity contribution in [3.63, 3.8) is 0 Å². The monoisotopic (exact) mass is 481 g/mol. The van der Waals surface area contributed by atoms with E-state index in [-0.39, 0.29) is 19.4 Å². The van der Waals surface area contributed by atoms with Crippen molar-refractivity contribution in [3.8, 4) is 11.1 Å². The van der Waals surface area contributed by atoms with Gasteiger partial charge in [0.25, 0.3) is 0 Å². The Bertz CT molecular complexity index is 1130. The summed E-state index contributed by atoms with van der Waals surface area (Å²) < 4.78 is 12.3. The molecule has 178 valence electrons. The molecule has 0 radical (unpaired) electrons. The van der Waals surface area contributed by atoms with E-state index < -0.39 is 31.3 Å². The SMILES string of the molecule is O=C([O-])CCNC(=O)C(Cc1ccc(-c2ccccc2)cc1)NC(c1ccccc1)P(=O)(O)O. The van der Waals surface area contributed by atoms with Crippen LogP contribution < -0.4 is 15.7 Å². The van der Waals surface area contributed by atoms with Crippen LogP contribution in [0.2, 0.25) is 0 Å². The maximum absolute atomic E-state index is 12.9. The molecule has 3 aromatic carbocycles. The van der Waals surface area contributed by atoms with Crippen LogP contribution in [0.1, 0.15) is 23.3 Å². The Hall–Kier alpha value is -3.29. The molecule has 3 rings (SSSR count). The van der Waals surface area contributed by atoms with Gasteiger partial charge < -0.3 is 25.0 Å². The van der Waals surface area contributed by atoms with E-state index in [4.69, 9.17) is 0 Å². The van der Waals surface area contributed by atoms with Crippen molar-refractivity contribution in [3.05, 3.63) is 96.1 Å². The smallest absolute Gasteiger partial charge is 0.346 e. The molecule has 2 unspecified atom stereocenters. The van der Waals surface area contributed by atoms with Gasteiger partial charge >= 0.3 is 7.60 Å². The Morgan fingerprint density at radius 2 is 1.41 bits per heavy atom. The fourth-order valence-electron chi connectivity index (χ4n) is 3.55. The molecule has 0 heterocycles. The quantitative estimate of drug-likeness (QED) is 0.307. The van der Waals surface area contributed by atoms with Crippen LogP contribution in [0.5, 0.6) is 0 Å². The second kappa shape index (κ2) is 11.7. The molecule has 0 saturated heterocycles. The molecule has 9 heteroatoms. The molecule has 0 bridgehead atoms. The van der Waals surface area contributed by atoms with Gasteiger partial charge in [-0.25, -0.2) is 0 Å². The van der Waals surface area contributed by atoms with E-state index in [9.17, 15) is 29.0 Å². The van der Waals surface area contributed by atoms with E-state index in [0.29, 0.717) is 5.56 Å². The Morgan fingerprint density at radius 1 is 0.853 bits per heavy atom. The molecule has 34 heavy (non-hydrogen) atoms. The number of benzene rings is 3. The first kappa shape index (κ1) is 25.3. The lowest BCUT2D eigenvalue weighted by molar-refractivity contribution is -0.305. The minimum Gasteiger partial charge on any atom is -0.550 e. The zero-order valence-corrected chi connectivity index (χ0v) is 19.2. The fourth-order valence-corrected chi connectivity index (χ4v) is 4.49. The molecule has 0 spiro atoms. The largest absolute Gasteiger partial charge is 0.550 e. The van der Waals surface area contributed by atoms with Crippen LogP contribution in [0.3, 0.4) is 0 Å². The van der Waals surface area contributed by atoms with E-state index in [2.05, 4.69) is 10.6 Å². The van der Waals surface area contributed by atoms with Crippen molar-refractivity contribution in [1.29, 1.82) is 0 Å². The molecule has 2 atom stereocenters. The van der Waals surface area contributed by atoms with Crippen molar-refractivity contribution in [1.82, 2.24) is 10.6 Å². The van der Waals surface area contributed by atoms with Crippen LogP contribution in [0.25, 0.3) is 11.1 Å². The first-order valence-electron chi connectivity index (χ1n) is 10.7. The molecule has 0 aliphatic carbocycles. The van der Waals surface area contributed by atoms with Gasteiger partial charge in [0.05, 0.1) is 6.04 Å². The Balaban J connectivity index is 1.83. The number of hydrogen-bond acceptors (Lipinski definition) is 5. The highest BCUT2D eigenvalue weighted by atomic mass is 31.2. The third-order valence-electron chi connectivity index (χ3n) is 5.26. The summed E-state index contributed by atoms with van der Waals surface area (Å²) in [7, 11) is -4.68. The van der Waals surface area contributed by atoms with Gasteiger partial charge in [0.1, 0.15) is 5.78 Å². The number of amides is 1. The third-order valence-corrected chi connectivity index (χ3v) is 6.38. The molecular formula is C25H26N2O6P-. The van der Waals surface area contributed by atoms with Gasteiger partial charge in [-0.15, -0.1) is 0 Å². The number of carboxylic acids is 1. The lowest BCUT2D eigenvalue weighted by atomic mass is 10.00. The van der Waals surface area contributed by atoms with Crippen LogP contribution in [0.4, 0.5) is 0 Å². The second-order valence-corrected chi connectivity index (χ2v) is 9.50. The van der Waals surface area contributed by atoms with Crippen LogP contribution >= 0.6 is 7.60 Å². The van der Waals surface area contributed by atoms with Gasteiger partial charge in [0, 0.05) is 18.9 Å². The summed E-state index contributed by atoms with van der Waals surface area (Å²) in [5, 5.41) is 16.0. The van der Waals surface area contributed by atoms with Crippen LogP contribution in [-0.4, -0.2) is 34.2 Å². The summed E-state index contributed by atoms with van der Waals surface area (Å²) in [5.41, 5.74) is 3.13. The number of rotatable bonds is 11. The van der Waals surface area contributed by atoms with Crippen LogP contribution in [0.15, 0.2) is 84.9 Å². The van der Waals surface area contributed by atoms with Gasteiger partial charge in [-0.1, -0.05) is 84.9 Å². The van der Waals surface area contributed by atoms with Crippen molar-refractivity contribution in [2.45, 2.75) is 24.7 Å². The zero-order valence-electron chi connectivity index (χ0n) is 18.3. The molecule has 0 saturated carbocycles. The van der Waals surface area contributed by atoms with Crippen molar-refractivity contribution < 1.29 is 29.0 Å². The Labute approximate surface area is 197 Å². The zero-order chi connectivity index (χ0) is 24.6. The Kier molecular flexibility index (Phi) is 8.73. The highest BCUT2D eigenvalue weighted by Crippen LogP contribution is 2.50. The van der Waals surface area contributed by atoms with Gasteiger partial charge in [-0.2, -0.15) is 0 Å². The average Bonchev–Trinajstić information content (AvgIpc) is 2.82. The second-order valence-electron chi connectivity index (χ2n) is 7.80. The van der Waals surface area contributed by atoms with E-state index in [1.54, 1.807) is 30.3 Å². The number of aliphatic carboxylic acids is 1. The molecule has 0 fully saturated rings. The van der Waals surface area contributed by atoms with E-state index in [1.807, 2.05) is 54.6 Å². The Morgan fingerprint density at radius 3 is 1.97 bits per heavy atom. The standard InChI is InChI=1S/C25H27N2O6P/c28-23(29)15-16-26-24(30)22(27-25(34(31,32)33)21-9-5-2-6-10-21)17-18-11-13-20(14-12-18)19-7-3-1-4-8-19/h1-14,22,25,27H,15-17H2,(H,26,30)(H,28,29)(H2,31,32,33)/p-1. The van der Waals surface area contributed by atoms with E-state index in [1.165, 1.54) is 0 Å². The minimum absolute atomic E-state index is 0.134. The molecule has 3 aromatic rings. The van der Waals surface area contributed by atoms with Crippen molar-refractivity contribution in [2.24, 2.45) is 0 Å². The predicted octanol–water partition coefficient (Wildman–Crippen LogP) is 1.99. The molecule has 4 N–H and O–H groups in total. The van der Waals surface area contributed by atoms with Gasteiger partial charge in [-0.05, 0) is 28.7 Å². The van der Waals surface area contributed by atoms with Crippen molar-refractivity contribution in [2.75, 3.05) is 6.54 Å². The topological polar surface area (TPSA) is 139 Å². The number of hydrogen-bond donors (Lipinski definition) is 4. The van der Waals surface area contributed by atoms with Gasteiger partial charge in [0.2, 0.25) is 5.91 Å². The number of carboxylic acid groups (broad SMARTS) is 1. The van der Waals surface area contributed by atoms with Crippen molar-refractivity contribution >= 4 is 19.5 Å². The highest BCUT2D eigenvalue weighted by molar-refractivity contribution is 7.52. The van der Waals surface area contributed by atoms with E-state index in [0.717, 1.165) is 16.7 Å². The molecular weight excluding hydrogens is 455 g/mol. The van der Waals surface area contributed by atoms with Crippen LogP contribution in [0, 0.1) is 0 Å². The maximum atomic E-state index is 12.9.